The van der Waals surface area contributed by atoms with E-state index in [0.717, 1.165) is 19.3 Å². The monoisotopic (exact) mass is 147 g/mol. The van der Waals surface area contributed by atoms with Crippen LogP contribution in [0.1, 0.15) is 52.9 Å². The standard InChI is InChI=1S/C5H11F.C4H10/c1-2-3-4-5-6;1-3-4-2/h2-5H2,1H3;3-4H2,1-2H3/i6-1;. The largest absolute Gasteiger partial charge is 0.251 e. The number of alkyl halides is 1. The van der Waals surface area contributed by atoms with Crippen molar-refractivity contribution in [2.24, 2.45) is 0 Å². The van der Waals surface area contributed by atoms with Crippen LogP contribution in [-0.2, 0) is 0 Å². The van der Waals surface area contributed by atoms with Crippen molar-refractivity contribution in [1.82, 2.24) is 0 Å². The third-order valence-electron chi connectivity index (χ3n) is 1.24. The second-order valence-electron chi connectivity index (χ2n) is 2.40. The molecule has 0 aromatic carbocycles. The molecule has 0 aliphatic rings. The van der Waals surface area contributed by atoms with Gasteiger partial charge in [-0.15, -0.1) is 0 Å². The lowest BCUT2D eigenvalue weighted by molar-refractivity contribution is 0.460. The lowest BCUT2D eigenvalue weighted by Gasteiger charge is -1.84. The maximum absolute atomic E-state index is 11.2. The summed E-state index contributed by atoms with van der Waals surface area (Å²) in [6.45, 7) is 6.28. The number of unbranched alkanes of at least 4 members (excludes halogenated alkanes) is 3. The number of halogens is 1. The van der Waals surface area contributed by atoms with E-state index in [0.29, 0.717) is 0 Å². The van der Waals surface area contributed by atoms with Crippen LogP contribution in [-0.4, -0.2) is 6.67 Å². The number of rotatable bonds is 4. The van der Waals surface area contributed by atoms with Crippen LogP contribution in [0.2, 0.25) is 0 Å². The minimum absolute atomic E-state index is 0.145. The molecule has 0 rings (SSSR count). The first-order valence-electron chi connectivity index (χ1n) is 4.39. The summed E-state index contributed by atoms with van der Waals surface area (Å²) in [6, 6.07) is 0. The summed E-state index contributed by atoms with van der Waals surface area (Å²) in [5, 5.41) is 0. The van der Waals surface area contributed by atoms with Gasteiger partial charge < -0.3 is 0 Å². The first-order chi connectivity index (χ1) is 4.83. The summed E-state index contributed by atoms with van der Waals surface area (Å²) in [7, 11) is 0. The van der Waals surface area contributed by atoms with Crippen LogP contribution >= 0.6 is 0 Å². The molecule has 10 heavy (non-hydrogen) atoms. The zero-order valence-electron chi connectivity index (χ0n) is 7.62. The second-order valence-corrected chi connectivity index (χ2v) is 2.40. The highest BCUT2D eigenvalue weighted by Crippen LogP contribution is 1.91. The lowest BCUT2D eigenvalue weighted by Crippen LogP contribution is -1.72. The number of hydrogen-bond acceptors (Lipinski definition) is 0. The molecular formula is C9H21F. The number of hydrogen-bond donors (Lipinski definition) is 0. The fourth-order valence-electron chi connectivity index (χ4n) is 0.344. The lowest BCUT2D eigenvalue weighted by atomic mass is 10.3. The Kier molecular flexibility index (Phi) is 20.1. The Labute approximate surface area is 64.8 Å². The Bertz CT molecular complexity index is 29.7. The molecule has 0 aromatic heterocycles. The summed E-state index contributed by atoms with van der Waals surface area (Å²) in [6.07, 6.45) is 5.54. The fraction of sp³-hybridized carbons (Fsp3) is 1.00. The van der Waals surface area contributed by atoms with Crippen molar-refractivity contribution in [3.63, 3.8) is 0 Å². The molecule has 0 aliphatic heterocycles. The Morgan fingerprint density at radius 1 is 0.800 bits per heavy atom. The molecule has 0 aromatic rings. The van der Waals surface area contributed by atoms with E-state index in [1.165, 1.54) is 12.8 Å². The maximum atomic E-state index is 11.2. The van der Waals surface area contributed by atoms with Crippen molar-refractivity contribution in [3.05, 3.63) is 0 Å². The van der Waals surface area contributed by atoms with Gasteiger partial charge in [0.25, 0.3) is 0 Å². The van der Waals surface area contributed by atoms with Crippen molar-refractivity contribution >= 4 is 0 Å². The van der Waals surface area contributed by atoms with Crippen LogP contribution in [0.25, 0.3) is 0 Å². The average molecular weight is 147 g/mol. The van der Waals surface area contributed by atoms with Gasteiger partial charge in [0.05, 0.1) is 6.67 Å². The predicted molar refractivity (Wildman–Crippen MR) is 46.1 cm³/mol. The third kappa shape index (κ3) is 24.7. The van der Waals surface area contributed by atoms with Crippen LogP contribution in [0, 0.1) is 0 Å². The molecule has 0 unspecified atom stereocenters. The Morgan fingerprint density at radius 2 is 1.30 bits per heavy atom. The van der Waals surface area contributed by atoms with E-state index in [1.807, 2.05) is 0 Å². The molecule has 0 atom stereocenters. The first kappa shape index (κ1) is 12.6. The van der Waals surface area contributed by atoms with E-state index in [2.05, 4.69) is 20.8 Å². The van der Waals surface area contributed by atoms with Gasteiger partial charge in [0.15, 0.2) is 0 Å². The minimum Gasteiger partial charge on any atom is -0.251 e. The molecule has 1 heteroatoms. The summed E-state index contributed by atoms with van der Waals surface area (Å²) in [5.74, 6) is 0. The van der Waals surface area contributed by atoms with Crippen molar-refractivity contribution in [1.29, 1.82) is 0 Å². The van der Waals surface area contributed by atoms with E-state index in [1.54, 1.807) is 0 Å². The van der Waals surface area contributed by atoms with Crippen LogP contribution in [0.4, 0.5) is 4.39 Å². The Hall–Kier alpha value is -0.0700. The first-order valence-corrected chi connectivity index (χ1v) is 4.39. The van der Waals surface area contributed by atoms with Gasteiger partial charge in [0, 0.05) is 0 Å². The Balaban J connectivity index is 0. The molecular weight excluding hydrogens is 126 g/mol. The molecule has 0 fully saturated rings. The molecule has 0 spiro atoms. The normalized spacial score (nSPS) is 8.40. The summed E-state index contributed by atoms with van der Waals surface area (Å²) >= 11 is 0. The molecule has 0 aliphatic carbocycles. The van der Waals surface area contributed by atoms with Crippen LogP contribution < -0.4 is 0 Å². The van der Waals surface area contributed by atoms with E-state index < -0.39 is 0 Å². The van der Waals surface area contributed by atoms with Crippen LogP contribution in [0.3, 0.4) is 0 Å². The van der Waals surface area contributed by atoms with Crippen molar-refractivity contribution in [2.45, 2.75) is 52.9 Å². The summed E-state index contributed by atoms with van der Waals surface area (Å²) in [4.78, 5) is 0. The molecule has 0 radical (unpaired) electrons. The summed E-state index contributed by atoms with van der Waals surface area (Å²) < 4.78 is 11.2. The zero-order valence-corrected chi connectivity index (χ0v) is 7.62. The van der Waals surface area contributed by atoms with E-state index in [-0.39, 0.29) is 6.67 Å². The molecule has 0 N–H and O–H groups in total. The van der Waals surface area contributed by atoms with Gasteiger partial charge in [-0.05, 0) is 6.42 Å². The highest BCUT2D eigenvalue weighted by molar-refractivity contribution is 4.31. The topological polar surface area (TPSA) is 0 Å². The third-order valence-corrected chi connectivity index (χ3v) is 1.24. The Morgan fingerprint density at radius 3 is 1.40 bits per heavy atom. The highest BCUT2D eigenvalue weighted by atomic mass is 18.2. The maximum Gasteiger partial charge on any atom is 0.0894 e. The second kappa shape index (κ2) is 16.0. The van der Waals surface area contributed by atoms with E-state index in [9.17, 15) is 4.39 Å². The smallest absolute Gasteiger partial charge is 0.0894 e. The van der Waals surface area contributed by atoms with Gasteiger partial charge in [-0.25, -0.2) is 0 Å². The molecule has 0 heterocycles. The van der Waals surface area contributed by atoms with E-state index >= 15 is 0 Å². The van der Waals surface area contributed by atoms with Gasteiger partial charge in [-0.3, -0.25) is 4.39 Å². The highest BCUT2D eigenvalue weighted by Gasteiger charge is 1.78. The van der Waals surface area contributed by atoms with E-state index in [4.69, 9.17) is 0 Å². The van der Waals surface area contributed by atoms with Gasteiger partial charge in [-0.1, -0.05) is 46.5 Å². The molecule has 0 bridgehead atoms. The molecule has 0 saturated heterocycles. The van der Waals surface area contributed by atoms with Crippen molar-refractivity contribution < 1.29 is 4.39 Å². The molecule has 0 saturated carbocycles. The van der Waals surface area contributed by atoms with Crippen molar-refractivity contribution in [3.8, 4) is 0 Å². The van der Waals surface area contributed by atoms with Crippen LogP contribution in [0.5, 0.6) is 0 Å². The minimum atomic E-state index is -0.145. The van der Waals surface area contributed by atoms with Gasteiger partial charge >= 0.3 is 0 Å². The zero-order chi connectivity index (χ0) is 8.24. The van der Waals surface area contributed by atoms with Crippen molar-refractivity contribution in [2.75, 3.05) is 6.67 Å². The SMILES string of the molecule is CCCC.CCCCC[18F]. The summed E-state index contributed by atoms with van der Waals surface area (Å²) in [5.41, 5.74) is 0. The molecule has 0 nitrogen and oxygen atoms in total. The fourth-order valence-corrected chi connectivity index (χ4v) is 0.344. The quantitative estimate of drug-likeness (QED) is 0.528. The average Bonchev–Trinajstić information content (AvgIpc) is 2.01. The molecule has 0 amide bonds. The van der Waals surface area contributed by atoms with Crippen LogP contribution in [0.15, 0.2) is 0 Å². The van der Waals surface area contributed by atoms with Gasteiger partial charge in [0.2, 0.25) is 0 Å². The molecule has 64 valence electrons. The van der Waals surface area contributed by atoms with Gasteiger partial charge in [-0.2, -0.15) is 0 Å². The predicted octanol–water partition coefficient (Wildman–Crippen LogP) is 3.95. The van der Waals surface area contributed by atoms with Gasteiger partial charge in [0.1, 0.15) is 0 Å².